The first-order valence-corrected chi connectivity index (χ1v) is 5.55. The molecule has 3 nitrogen and oxygen atoms in total. The largest absolute Gasteiger partial charge is 0.379 e. The molecule has 1 saturated heterocycles. The fourth-order valence-electron chi connectivity index (χ4n) is 1.51. The maximum absolute atomic E-state index is 5.49. The van der Waals surface area contributed by atoms with Crippen LogP contribution in [0.25, 0.3) is 0 Å². The molecular formula is C12H22N2O. The fourth-order valence-corrected chi connectivity index (χ4v) is 1.51. The molecule has 0 aromatic rings. The maximum Gasteiger partial charge on any atom is 0.0764 e. The average molecular weight is 210 g/mol. The molecule has 1 fully saturated rings. The van der Waals surface area contributed by atoms with Crippen molar-refractivity contribution >= 4 is 0 Å². The molecule has 0 radical (unpaired) electrons. The second kappa shape index (κ2) is 5.50. The van der Waals surface area contributed by atoms with E-state index >= 15 is 0 Å². The smallest absolute Gasteiger partial charge is 0.0764 e. The molecule has 0 amide bonds. The van der Waals surface area contributed by atoms with Crippen LogP contribution in [0.2, 0.25) is 0 Å². The third kappa shape index (κ3) is 3.83. The van der Waals surface area contributed by atoms with Gasteiger partial charge in [-0.3, -0.25) is 9.80 Å². The van der Waals surface area contributed by atoms with Crippen molar-refractivity contribution in [3.8, 4) is 12.3 Å². The second-order valence-electron chi connectivity index (χ2n) is 4.58. The summed E-state index contributed by atoms with van der Waals surface area (Å²) in [6.45, 7) is 10.1. The summed E-state index contributed by atoms with van der Waals surface area (Å²) in [5, 5.41) is 0. The lowest BCUT2D eigenvalue weighted by atomic mass is 10.1. The number of morpholine rings is 1. The Bertz CT molecular complexity index is 226. The van der Waals surface area contributed by atoms with Gasteiger partial charge in [-0.1, -0.05) is 5.92 Å². The van der Waals surface area contributed by atoms with Gasteiger partial charge in [0.2, 0.25) is 0 Å². The van der Waals surface area contributed by atoms with E-state index in [4.69, 9.17) is 11.2 Å². The zero-order chi connectivity index (χ0) is 11.3. The van der Waals surface area contributed by atoms with E-state index in [1.807, 2.05) is 0 Å². The summed E-state index contributed by atoms with van der Waals surface area (Å²) in [7, 11) is 2.08. The molecule has 86 valence electrons. The normalized spacial score (nSPS) is 19.1. The molecule has 0 aliphatic carbocycles. The van der Waals surface area contributed by atoms with Gasteiger partial charge in [-0.25, -0.2) is 0 Å². The Labute approximate surface area is 93.4 Å². The van der Waals surface area contributed by atoms with Crippen LogP contribution in [0.1, 0.15) is 13.8 Å². The molecule has 0 N–H and O–H groups in total. The molecule has 1 heterocycles. The molecule has 1 aliphatic heterocycles. The number of hydrogen-bond acceptors (Lipinski definition) is 3. The molecule has 0 aromatic heterocycles. The zero-order valence-electron chi connectivity index (χ0n) is 10.1. The van der Waals surface area contributed by atoms with E-state index in [2.05, 4.69) is 36.6 Å². The third-order valence-corrected chi connectivity index (χ3v) is 3.16. The van der Waals surface area contributed by atoms with Gasteiger partial charge in [-0.2, -0.15) is 0 Å². The standard InChI is InChI=1S/C12H22N2O/c1-5-12(2,3)13(4)6-7-14-8-10-15-11-9-14/h1H,6-11H2,2-4H3. The monoisotopic (exact) mass is 210 g/mol. The summed E-state index contributed by atoms with van der Waals surface area (Å²) in [6, 6.07) is 0. The summed E-state index contributed by atoms with van der Waals surface area (Å²) in [5.41, 5.74) is -0.147. The summed E-state index contributed by atoms with van der Waals surface area (Å²) in [4.78, 5) is 4.65. The molecule has 0 unspecified atom stereocenters. The third-order valence-electron chi connectivity index (χ3n) is 3.16. The number of hydrogen-bond donors (Lipinski definition) is 0. The summed E-state index contributed by atoms with van der Waals surface area (Å²) >= 11 is 0. The van der Waals surface area contributed by atoms with E-state index in [0.29, 0.717) is 0 Å². The lowest BCUT2D eigenvalue weighted by Crippen LogP contribution is -2.46. The van der Waals surface area contributed by atoms with Gasteiger partial charge in [0, 0.05) is 26.2 Å². The van der Waals surface area contributed by atoms with Crippen LogP contribution in [-0.4, -0.2) is 61.8 Å². The molecule has 0 aromatic carbocycles. The SMILES string of the molecule is C#CC(C)(C)N(C)CCN1CCOCC1. The topological polar surface area (TPSA) is 15.7 Å². The number of likely N-dealkylation sites (N-methyl/N-ethyl adjacent to an activating group) is 1. The second-order valence-corrected chi connectivity index (χ2v) is 4.58. The van der Waals surface area contributed by atoms with Crippen molar-refractivity contribution in [2.45, 2.75) is 19.4 Å². The first-order chi connectivity index (χ1) is 7.06. The van der Waals surface area contributed by atoms with E-state index in [0.717, 1.165) is 39.4 Å². The quantitative estimate of drug-likeness (QED) is 0.634. The van der Waals surface area contributed by atoms with E-state index in [9.17, 15) is 0 Å². The van der Waals surface area contributed by atoms with Gasteiger partial charge in [0.1, 0.15) is 0 Å². The van der Waals surface area contributed by atoms with Crippen molar-refractivity contribution < 1.29 is 4.74 Å². The van der Waals surface area contributed by atoms with Crippen LogP contribution in [0.15, 0.2) is 0 Å². The highest BCUT2D eigenvalue weighted by Gasteiger charge is 2.20. The Morgan fingerprint density at radius 1 is 1.40 bits per heavy atom. The van der Waals surface area contributed by atoms with Gasteiger partial charge in [0.15, 0.2) is 0 Å². The van der Waals surface area contributed by atoms with Crippen LogP contribution in [0.4, 0.5) is 0 Å². The van der Waals surface area contributed by atoms with E-state index in [1.54, 1.807) is 0 Å². The highest BCUT2D eigenvalue weighted by Crippen LogP contribution is 2.10. The van der Waals surface area contributed by atoms with E-state index in [1.165, 1.54) is 0 Å². The van der Waals surface area contributed by atoms with E-state index < -0.39 is 0 Å². The maximum atomic E-state index is 5.49. The van der Waals surface area contributed by atoms with Crippen LogP contribution in [-0.2, 0) is 4.74 Å². The van der Waals surface area contributed by atoms with Crippen molar-refractivity contribution in [3.63, 3.8) is 0 Å². The van der Waals surface area contributed by atoms with Gasteiger partial charge >= 0.3 is 0 Å². The summed E-state index contributed by atoms with van der Waals surface area (Å²) < 4.78 is 5.31. The van der Waals surface area contributed by atoms with Crippen molar-refractivity contribution in [1.82, 2.24) is 9.80 Å². The Kier molecular flexibility index (Phi) is 4.59. The molecule has 0 saturated carbocycles. The minimum absolute atomic E-state index is 0.147. The Morgan fingerprint density at radius 3 is 2.53 bits per heavy atom. The van der Waals surface area contributed by atoms with Crippen LogP contribution < -0.4 is 0 Å². The van der Waals surface area contributed by atoms with Crippen LogP contribution >= 0.6 is 0 Å². The molecular weight excluding hydrogens is 188 g/mol. The highest BCUT2D eigenvalue weighted by molar-refractivity contribution is 5.07. The van der Waals surface area contributed by atoms with Crippen LogP contribution in [0, 0.1) is 12.3 Å². The van der Waals surface area contributed by atoms with Gasteiger partial charge < -0.3 is 4.74 Å². The zero-order valence-corrected chi connectivity index (χ0v) is 10.1. The van der Waals surface area contributed by atoms with Crippen molar-refractivity contribution in [2.75, 3.05) is 46.4 Å². The molecule has 15 heavy (non-hydrogen) atoms. The number of terminal acetylenes is 1. The number of nitrogens with zero attached hydrogens (tertiary/aromatic N) is 2. The Balaban J connectivity index is 2.27. The lowest BCUT2D eigenvalue weighted by molar-refractivity contribution is 0.0315. The molecule has 0 spiro atoms. The van der Waals surface area contributed by atoms with Crippen LogP contribution in [0.3, 0.4) is 0 Å². The molecule has 1 rings (SSSR count). The molecule has 3 heteroatoms. The van der Waals surface area contributed by atoms with Crippen molar-refractivity contribution in [2.24, 2.45) is 0 Å². The van der Waals surface area contributed by atoms with Gasteiger partial charge in [-0.15, -0.1) is 6.42 Å². The Morgan fingerprint density at radius 2 is 2.00 bits per heavy atom. The fraction of sp³-hybridized carbons (Fsp3) is 0.833. The predicted octanol–water partition coefficient (Wildman–Crippen LogP) is 0.662. The first-order valence-electron chi connectivity index (χ1n) is 5.55. The summed E-state index contributed by atoms with van der Waals surface area (Å²) in [5.74, 6) is 2.81. The van der Waals surface area contributed by atoms with Gasteiger partial charge in [0.05, 0.1) is 18.8 Å². The lowest BCUT2D eigenvalue weighted by Gasteiger charge is -2.34. The first kappa shape index (κ1) is 12.5. The molecule has 0 atom stereocenters. The minimum Gasteiger partial charge on any atom is -0.379 e. The number of rotatable bonds is 4. The predicted molar refractivity (Wildman–Crippen MR) is 62.8 cm³/mol. The van der Waals surface area contributed by atoms with Gasteiger partial charge in [-0.05, 0) is 20.9 Å². The van der Waals surface area contributed by atoms with Gasteiger partial charge in [0.25, 0.3) is 0 Å². The minimum atomic E-state index is -0.147. The summed E-state index contributed by atoms with van der Waals surface area (Å²) in [6.07, 6.45) is 5.49. The van der Waals surface area contributed by atoms with E-state index in [-0.39, 0.29) is 5.54 Å². The van der Waals surface area contributed by atoms with Crippen LogP contribution in [0.5, 0.6) is 0 Å². The van der Waals surface area contributed by atoms with Crippen molar-refractivity contribution in [3.05, 3.63) is 0 Å². The Hall–Kier alpha value is -0.560. The average Bonchev–Trinajstić information content (AvgIpc) is 2.27. The molecule has 0 bridgehead atoms. The highest BCUT2D eigenvalue weighted by atomic mass is 16.5. The van der Waals surface area contributed by atoms with Crippen molar-refractivity contribution in [1.29, 1.82) is 0 Å². The number of ether oxygens (including phenoxy) is 1. The molecule has 1 aliphatic rings.